The van der Waals surface area contributed by atoms with E-state index in [9.17, 15) is 9.59 Å². The molecule has 2 aromatic rings. The first-order valence-electron chi connectivity index (χ1n) is 4.70. The van der Waals surface area contributed by atoms with E-state index < -0.39 is 5.76 Å². The highest BCUT2D eigenvalue weighted by atomic mass is 16.4. The van der Waals surface area contributed by atoms with Crippen molar-refractivity contribution in [3.63, 3.8) is 0 Å². The number of oxazole rings is 1. The van der Waals surface area contributed by atoms with Crippen LogP contribution in [0.2, 0.25) is 0 Å². The topological polar surface area (TPSA) is 76.3 Å². The Morgan fingerprint density at radius 1 is 1.44 bits per heavy atom. The number of hydrogen-bond acceptors (Lipinski definition) is 3. The molecule has 2 rings (SSSR count). The summed E-state index contributed by atoms with van der Waals surface area (Å²) in [5.41, 5.74) is 1.73. The Bertz CT molecular complexity index is 597. The fourth-order valence-electron chi connectivity index (χ4n) is 1.40. The summed E-state index contributed by atoms with van der Waals surface area (Å²) in [6, 6.07) is 4.67. The van der Waals surface area contributed by atoms with Crippen LogP contribution in [0.25, 0.3) is 11.1 Å². The molecule has 0 saturated heterocycles. The second-order valence-electron chi connectivity index (χ2n) is 3.31. The quantitative estimate of drug-likeness (QED) is 0.750. The molecular formula is C10H11N3O3. The van der Waals surface area contributed by atoms with Gasteiger partial charge in [0.25, 0.3) is 0 Å². The molecule has 0 unspecified atom stereocenters. The van der Waals surface area contributed by atoms with E-state index in [2.05, 4.69) is 10.6 Å². The number of nitrogens with zero attached hydrogens (tertiary/aromatic N) is 1. The molecule has 0 aliphatic carbocycles. The fraction of sp³-hybridized carbons (Fsp3) is 0.200. The predicted molar refractivity (Wildman–Crippen MR) is 59.5 cm³/mol. The Morgan fingerprint density at radius 2 is 2.19 bits per heavy atom. The van der Waals surface area contributed by atoms with E-state index in [0.29, 0.717) is 16.8 Å². The van der Waals surface area contributed by atoms with Crippen molar-refractivity contribution in [2.75, 3.05) is 12.4 Å². The Hall–Kier alpha value is -2.24. The van der Waals surface area contributed by atoms with Crippen LogP contribution in [-0.4, -0.2) is 17.6 Å². The van der Waals surface area contributed by atoms with E-state index in [1.807, 2.05) is 0 Å². The van der Waals surface area contributed by atoms with Crippen LogP contribution in [0.3, 0.4) is 0 Å². The molecule has 0 aliphatic rings. The molecule has 0 spiro atoms. The van der Waals surface area contributed by atoms with E-state index >= 15 is 0 Å². The zero-order chi connectivity index (χ0) is 11.7. The first-order chi connectivity index (χ1) is 7.61. The number of amides is 2. The predicted octanol–water partition coefficient (Wildman–Crippen LogP) is 0.883. The average molecular weight is 221 g/mol. The van der Waals surface area contributed by atoms with Crippen molar-refractivity contribution in [1.82, 2.24) is 9.88 Å². The number of anilines is 1. The standard InChI is InChI=1S/C10H11N3O3/c1-11-9(14)12-6-3-4-8-7(5-6)13(2)10(15)16-8/h3-5H,1-2H3,(H2,11,12,14). The lowest BCUT2D eigenvalue weighted by Crippen LogP contribution is -2.24. The minimum absolute atomic E-state index is 0.312. The zero-order valence-corrected chi connectivity index (χ0v) is 8.90. The summed E-state index contributed by atoms with van der Waals surface area (Å²) in [4.78, 5) is 22.3. The molecule has 1 heterocycles. The summed E-state index contributed by atoms with van der Waals surface area (Å²) in [6.07, 6.45) is 0. The van der Waals surface area contributed by atoms with Gasteiger partial charge < -0.3 is 15.1 Å². The second-order valence-corrected chi connectivity index (χ2v) is 3.31. The number of carbonyl (C=O) groups is 1. The number of urea groups is 1. The summed E-state index contributed by atoms with van der Waals surface area (Å²) >= 11 is 0. The Balaban J connectivity index is 2.47. The summed E-state index contributed by atoms with van der Waals surface area (Å²) in [5.74, 6) is -0.424. The molecular weight excluding hydrogens is 210 g/mol. The van der Waals surface area contributed by atoms with Crippen LogP contribution >= 0.6 is 0 Å². The lowest BCUT2D eigenvalue weighted by Gasteiger charge is -2.03. The Kier molecular flexibility index (Phi) is 2.40. The maximum Gasteiger partial charge on any atom is 0.419 e. The minimum Gasteiger partial charge on any atom is -0.408 e. The number of fused-ring (bicyclic) bond motifs is 1. The third-order valence-corrected chi connectivity index (χ3v) is 2.28. The molecule has 0 aliphatic heterocycles. The smallest absolute Gasteiger partial charge is 0.408 e. The van der Waals surface area contributed by atoms with Crippen LogP contribution in [-0.2, 0) is 7.05 Å². The van der Waals surface area contributed by atoms with Gasteiger partial charge in [0.2, 0.25) is 0 Å². The van der Waals surface area contributed by atoms with Crippen molar-refractivity contribution >= 4 is 22.8 Å². The molecule has 0 radical (unpaired) electrons. The fourth-order valence-corrected chi connectivity index (χ4v) is 1.40. The van der Waals surface area contributed by atoms with Gasteiger partial charge in [-0.05, 0) is 18.2 Å². The molecule has 1 aromatic heterocycles. The van der Waals surface area contributed by atoms with Crippen molar-refractivity contribution < 1.29 is 9.21 Å². The molecule has 2 amide bonds. The van der Waals surface area contributed by atoms with Gasteiger partial charge in [0, 0.05) is 19.8 Å². The maximum atomic E-state index is 11.2. The molecule has 6 nitrogen and oxygen atoms in total. The molecule has 1 aromatic carbocycles. The summed E-state index contributed by atoms with van der Waals surface area (Å²) < 4.78 is 6.34. The van der Waals surface area contributed by atoms with Crippen molar-refractivity contribution in [2.45, 2.75) is 0 Å². The van der Waals surface area contributed by atoms with Crippen molar-refractivity contribution in [3.05, 3.63) is 28.7 Å². The molecule has 16 heavy (non-hydrogen) atoms. The highest BCUT2D eigenvalue weighted by molar-refractivity contribution is 5.91. The van der Waals surface area contributed by atoms with Gasteiger partial charge >= 0.3 is 11.8 Å². The summed E-state index contributed by atoms with van der Waals surface area (Å²) in [6.45, 7) is 0. The van der Waals surface area contributed by atoms with E-state index in [4.69, 9.17) is 4.42 Å². The Labute approximate surface area is 90.9 Å². The zero-order valence-electron chi connectivity index (χ0n) is 8.90. The molecule has 0 bridgehead atoms. The molecule has 6 heteroatoms. The summed E-state index contributed by atoms with van der Waals surface area (Å²) in [5, 5.41) is 5.05. The van der Waals surface area contributed by atoms with Crippen LogP contribution in [0, 0.1) is 0 Å². The van der Waals surface area contributed by atoms with Gasteiger partial charge in [-0.3, -0.25) is 4.57 Å². The lowest BCUT2D eigenvalue weighted by molar-refractivity contribution is 0.254. The number of benzene rings is 1. The van der Waals surface area contributed by atoms with Gasteiger partial charge in [-0.2, -0.15) is 0 Å². The maximum absolute atomic E-state index is 11.2. The number of aromatic nitrogens is 1. The van der Waals surface area contributed by atoms with E-state index in [-0.39, 0.29) is 6.03 Å². The van der Waals surface area contributed by atoms with Gasteiger partial charge in [-0.15, -0.1) is 0 Å². The van der Waals surface area contributed by atoms with Crippen LogP contribution in [0.5, 0.6) is 0 Å². The SMILES string of the molecule is CNC(=O)Nc1ccc2oc(=O)n(C)c2c1. The van der Waals surface area contributed by atoms with Crippen LogP contribution in [0.4, 0.5) is 10.5 Å². The van der Waals surface area contributed by atoms with Gasteiger partial charge in [0.15, 0.2) is 5.58 Å². The highest BCUT2D eigenvalue weighted by Gasteiger charge is 2.07. The molecule has 2 N–H and O–H groups in total. The number of aryl methyl sites for hydroxylation is 1. The monoisotopic (exact) mass is 221 g/mol. The second kappa shape index (κ2) is 3.73. The molecule has 0 fully saturated rings. The third-order valence-electron chi connectivity index (χ3n) is 2.28. The van der Waals surface area contributed by atoms with E-state index in [0.717, 1.165) is 0 Å². The normalized spacial score (nSPS) is 10.4. The molecule has 84 valence electrons. The third kappa shape index (κ3) is 1.65. The van der Waals surface area contributed by atoms with Gasteiger partial charge in [-0.25, -0.2) is 9.59 Å². The number of hydrogen-bond donors (Lipinski definition) is 2. The number of rotatable bonds is 1. The summed E-state index contributed by atoms with van der Waals surface area (Å²) in [7, 11) is 3.14. The van der Waals surface area contributed by atoms with Crippen molar-refractivity contribution in [2.24, 2.45) is 7.05 Å². The van der Waals surface area contributed by atoms with Crippen molar-refractivity contribution in [1.29, 1.82) is 0 Å². The van der Waals surface area contributed by atoms with Gasteiger partial charge in [-0.1, -0.05) is 0 Å². The van der Waals surface area contributed by atoms with Gasteiger partial charge in [0.05, 0.1) is 5.52 Å². The van der Waals surface area contributed by atoms with E-state index in [1.54, 1.807) is 25.2 Å². The number of carbonyl (C=O) groups excluding carboxylic acids is 1. The van der Waals surface area contributed by atoms with Crippen LogP contribution < -0.4 is 16.4 Å². The largest absolute Gasteiger partial charge is 0.419 e. The van der Waals surface area contributed by atoms with Gasteiger partial charge in [0.1, 0.15) is 0 Å². The van der Waals surface area contributed by atoms with Crippen molar-refractivity contribution in [3.8, 4) is 0 Å². The highest BCUT2D eigenvalue weighted by Crippen LogP contribution is 2.17. The first kappa shape index (κ1) is 10.3. The van der Waals surface area contributed by atoms with Crippen LogP contribution in [0.15, 0.2) is 27.4 Å². The number of nitrogens with one attached hydrogen (secondary N) is 2. The van der Waals surface area contributed by atoms with E-state index in [1.165, 1.54) is 11.6 Å². The molecule has 0 saturated carbocycles. The van der Waals surface area contributed by atoms with Crippen LogP contribution in [0.1, 0.15) is 0 Å². The lowest BCUT2D eigenvalue weighted by atomic mass is 10.3. The Morgan fingerprint density at radius 3 is 2.88 bits per heavy atom. The molecule has 0 atom stereocenters. The average Bonchev–Trinajstić information content (AvgIpc) is 2.55. The first-order valence-corrected chi connectivity index (χ1v) is 4.70. The minimum atomic E-state index is -0.424.